The number of hydrogen-bond acceptors (Lipinski definition) is 6. The number of benzene rings is 5. The van der Waals surface area contributed by atoms with E-state index in [1.807, 2.05) is 86.6 Å². The molecular formula is C54H72N6O6+2. The molecule has 3 atom stereocenters. The second-order valence-corrected chi connectivity index (χ2v) is 18.2. The van der Waals surface area contributed by atoms with E-state index < -0.39 is 17.9 Å². The summed E-state index contributed by atoms with van der Waals surface area (Å²) in [6.07, 6.45) is 3.91. The molecule has 12 heteroatoms. The van der Waals surface area contributed by atoms with E-state index in [2.05, 4.69) is 65.5 Å². The van der Waals surface area contributed by atoms with Crippen LogP contribution in [-0.2, 0) is 25.7 Å². The number of unbranched alkanes of at least 4 members (excludes halogenated alkanes) is 1. The van der Waals surface area contributed by atoms with Gasteiger partial charge in [0.25, 0.3) is 0 Å². The zero-order valence-electron chi connectivity index (χ0n) is 39.4. The molecule has 0 aromatic heterocycles. The number of hydrogen-bond donors (Lipinski definition) is 6. The number of ketones is 2. The molecule has 0 aliphatic carbocycles. The van der Waals surface area contributed by atoms with Gasteiger partial charge in [0.05, 0.1) is 25.7 Å². The average molecular weight is 901 g/mol. The summed E-state index contributed by atoms with van der Waals surface area (Å²) >= 11 is 0. The van der Waals surface area contributed by atoms with Crippen LogP contribution < -0.4 is 42.3 Å². The Bertz CT molecular complexity index is 2400. The molecule has 0 aliphatic rings. The lowest BCUT2D eigenvalue weighted by molar-refractivity contribution is -0.459. The minimum Gasteiger partial charge on any atom is -0.493 e. The van der Waals surface area contributed by atoms with Gasteiger partial charge in [-0.25, -0.2) is 0 Å². The van der Waals surface area contributed by atoms with Gasteiger partial charge < -0.3 is 25.8 Å². The summed E-state index contributed by atoms with van der Waals surface area (Å²) in [4.78, 5) is 59.0. The Morgan fingerprint density at radius 3 is 1.88 bits per heavy atom. The van der Waals surface area contributed by atoms with Crippen LogP contribution >= 0.6 is 0 Å². The van der Waals surface area contributed by atoms with Gasteiger partial charge in [0.1, 0.15) is 18.1 Å². The molecule has 2 amide bonds. The summed E-state index contributed by atoms with van der Waals surface area (Å²) in [5.41, 5.74) is 17.9. The van der Waals surface area contributed by atoms with Crippen molar-refractivity contribution in [3.63, 3.8) is 0 Å². The molecule has 10 N–H and O–H groups in total. The number of nitrogens with two attached hydrogens (primary N) is 2. The van der Waals surface area contributed by atoms with Crippen molar-refractivity contribution < 1.29 is 39.4 Å². The molecular weight excluding hydrogens is 829 g/mol. The maximum Gasteiger partial charge on any atom is 0.338 e. The number of carbonyl (C=O) groups excluding carboxylic acids is 4. The standard InChI is InChI=1S/C54H70N6O6/c1-36(2)27-30-65-48-25-23-39-17-8-10-20-44(39)50(48)51-45-21-11-9-18-40(45)24-26-49(51)66-35-43(61)32-41(19-12-13-28-55)53(64)60-46(22-14-29-58-54(56)57)47(62)33-42(31-37(3)4)52(63)59-34-38-15-6-5-7-16-38/h5-11,15-18,20-21,23-26,36-37,41-42,46H,12-14,19,22,27-35,55H2,1-4H3,(H,59,63)(H,60,64)(H4,56,57,58)/p+2/t41-,42+,46+/m0/s1. The Balaban J connectivity index is 1.37. The van der Waals surface area contributed by atoms with Crippen molar-refractivity contribution in [3.05, 3.63) is 109 Å². The Morgan fingerprint density at radius 2 is 1.27 bits per heavy atom. The number of ether oxygens (including phenoxy) is 2. The third-order valence-electron chi connectivity index (χ3n) is 11.9. The molecule has 0 saturated carbocycles. The van der Waals surface area contributed by atoms with Crippen LogP contribution in [0.5, 0.6) is 11.5 Å². The van der Waals surface area contributed by atoms with Crippen molar-refractivity contribution in [1.29, 1.82) is 0 Å². The molecule has 5 rings (SSSR count). The largest absolute Gasteiger partial charge is 0.493 e. The fourth-order valence-corrected chi connectivity index (χ4v) is 8.36. The Labute approximate surface area is 390 Å². The van der Waals surface area contributed by atoms with Crippen LogP contribution in [0.25, 0.3) is 32.7 Å². The van der Waals surface area contributed by atoms with E-state index in [-0.39, 0.29) is 61.1 Å². The average Bonchev–Trinajstić information content (AvgIpc) is 3.30. The van der Waals surface area contributed by atoms with Crippen molar-refractivity contribution in [2.75, 3.05) is 26.3 Å². The second kappa shape index (κ2) is 26.0. The quantitative estimate of drug-likeness (QED) is 0.0199. The lowest BCUT2D eigenvalue weighted by Crippen LogP contribution is -2.78. The van der Waals surface area contributed by atoms with Crippen LogP contribution in [0.2, 0.25) is 0 Å². The fourth-order valence-electron chi connectivity index (χ4n) is 8.36. The minimum atomic E-state index is -0.894. The van der Waals surface area contributed by atoms with Gasteiger partial charge in [0, 0.05) is 42.3 Å². The first-order valence-corrected chi connectivity index (χ1v) is 23.7. The van der Waals surface area contributed by atoms with E-state index in [1.165, 1.54) is 0 Å². The molecule has 0 aliphatic heterocycles. The predicted octanol–water partition coefficient (Wildman–Crippen LogP) is 6.01. The first-order valence-electron chi connectivity index (χ1n) is 23.7. The van der Waals surface area contributed by atoms with E-state index in [0.717, 1.165) is 56.8 Å². The van der Waals surface area contributed by atoms with Crippen molar-refractivity contribution in [2.24, 2.45) is 35.1 Å². The highest BCUT2D eigenvalue weighted by Crippen LogP contribution is 2.45. The SMILES string of the molecule is CC(C)CCOc1ccc2ccccc2c1-c1c(OCC(=O)C[C@H](CCCC[NH3+])C(=O)N[C@H](CCC[NH+]=C(N)N)C(=O)C[C@@H](CC(C)C)C(=O)NCc2ccccc2)ccc2ccccc12. The van der Waals surface area contributed by atoms with E-state index in [0.29, 0.717) is 63.6 Å². The number of Topliss-reactive ketones (excluding diaryl/α,β-unsaturated/α-hetero) is 2. The molecule has 12 nitrogen and oxygen atoms in total. The summed E-state index contributed by atoms with van der Waals surface area (Å²) in [6.45, 7) is 10.1. The van der Waals surface area contributed by atoms with Crippen LogP contribution in [0.15, 0.2) is 103 Å². The highest BCUT2D eigenvalue weighted by atomic mass is 16.5. The van der Waals surface area contributed by atoms with E-state index >= 15 is 0 Å². The highest BCUT2D eigenvalue weighted by molar-refractivity contribution is 6.10. The number of carbonyl (C=O) groups is 4. The smallest absolute Gasteiger partial charge is 0.338 e. The number of guanidine groups is 1. The van der Waals surface area contributed by atoms with Gasteiger partial charge in [-0.05, 0) is 96.0 Å². The van der Waals surface area contributed by atoms with Crippen LogP contribution in [-0.4, -0.2) is 61.7 Å². The van der Waals surface area contributed by atoms with Gasteiger partial charge in [-0.3, -0.25) is 35.6 Å². The van der Waals surface area contributed by atoms with Crippen LogP contribution in [0.3, 0.4) is 0 Å². The molecule has 0 saturated heterocycles. The molecule has 0 unspecified atom stereocenters. The van der Waals surface area contributed by atoms with Gasteiger partial charge in [-0.2, -0.15) is 0 Å². The van der Waals surface area contributed by atoms with Gasteiger partial charge in [-0.15, -0.1) is 0 Å². The second-order valence-electron chi connectivity index (χ2n) is 18.2. The van der Waals surface area contributed by atoms with Crippen molar-refractivity contribution in [2.45, 2.75) is 98.1 Å². The molecule has 352 valence electrons. The normalized spacial score (nSPS) is 12.7. The number of nitrogens with one attached hydrogen (secondary N) is 3. The van der Waals surface area contributed by atoms with E-state index in [9.17, 15) is 19.2 Å². The van der Waals surface area contributed by atoms with Gasteiger partial charge in [-0.1, -0.05) is 119 Å². The van der Waals surface area contributed by atoms with Gasteiger partial charge >= 0.3 is 5.96 Å². The number of fused-ring (bicyclic) bond motifs is 2. The third-order valence-corrected chi connectivity index (χ3v) is 11.9. The van der Waals surface area contributed by atoms with Crippen molar-refractivity contribution in [3.8, 4) is 22.6 Å². The predicted molar refractivity (Wildman–Crippen MR) is 263 cm³/mol. The van der Waals surface area contributed by atoms with Crippen molar-refractivity contribution in [1.82, 2.24) is 10.6 Å². The summed E-state index contributed by atoms with van der Waals surface area (Å²) in [7, 11) is 0. The lowest BCUT2D eigenvalue weighted by atomic mass is 9.88. The van der Waals surface area contributed by atoms with Gasteiger partial charge in [0.2, 0.25) is 11.8 Å². The fraction of sp³-hybridized carbons (Fsp3) is 0.426. The Kier molecular flexibility index (Phi) is 20.0. The van der Waals surface area contributed by atoms with E-state index in [1.54, 1.807) is 0 Å². The van der Waals surface area contributed by atoms with Gasteiger partial charge in [0.15, 0.2) is 11.6 Å². The Hall–Kier alpha value is -6.27. The van der Waals surface area contributed by atoms with E-state index in [4.69, 9.17) is 20.9 Å². The maximum atomic E-state index is 14.3. The molecule has 0 spiro atoms. The van der Waals surface area contributed by atoms with Crippen LogP contribution in [0, 0.1) is 23.7 Å². The molecule has 0 radical (unpaired) electrons. The summed E-state index contributed by atoms with van der Waals surface area (Å²) in [5, 5.41) is 10.1. The summed E-state index contributed by atoms with van der Waals surface area (Å²) < 4.78 is 13.0. The lowest BCUT2D eigenvalue weighted by Gasteiger charge is -2.24. The van der Waals surface area contributed by atoms with Crippen LogP contribution in [0.4, 0.5) is 0 Å². The molecule has 66 heavy (non-hydrogen) atoms. The monoisotopic (exact) mass is 901 g/mol. The number of amides is 2. The molecule has 0 heterocycles. The first kappa shape index (κ1) is 50.7. The first-order chi connectivity index (χ1) is 31.8. The molecule has 5 aromatic rings. The molecule has 0 fully saturated rings. The number of rotatable bonds is 28. The minimum absolute atomic E-state index is 0.0451. The Morgan fingerprint density at radius 1 is 0.652 bits per heavy atom. The summed E-state index contributed by atoms with van der Waals surface area (Å²) in [6, 6.07) is 33.0. The molecule has 5 aromatic carbocycles. The zero-order valence-corrected chi connectivity index (χ0v) is 39.4. The maximum absolute atomic E-state index is 14.3. The molecule has 0 bridgehead atoms. The zero-order chi connectivity index (χ0) is 47.4. The topological polar surface area (TPSA) is 204 Å². The highest BCUT2D eigenvalue weighted by Gasteiger charge is 2.31. The third kappa shape index (κ3) is 15.4. The number of quaternary nitrogens is 1. The van der Waals surface area contributed by atoms with Crippen LogP contribution in [0.1, 0.15) is 91.0 Å². The summed E-state index contributed by atoms with van der Waals surface area (Å²) in [5.74, 6) is -0.450. The van der Waals surface area contributed by atoms with Crippen molar-refractivity contribution >= 4 is 50.9 Å².